The van der Waals surface area contributed by atoms with Gasteiger partial charge in [-0.25, -0.2) is 4.79 Å². The van der Waals surface area contributed by atoms with Gasteiger partial charge in [-0.3, -0.25) is 0 Å². The van der Waals surface area contributed by atoms with Crippen molar-refractivity contribution in [1.82, 2.24) is 5.32 Å². The number of hydrogen-bond acceptors (Lipinski definition) is 3. The molecule has 5 nitrogen and oxygen atoms in total. The SMILES string of the molecule is CNC(=O)Nc1ccc(N(c2ccccc2)c2ccc(N)cc2)cc1. The molecule has 25 heavy (non-hydrogen) atoms. The van der Waals surface area contributed by atoms with Crippen LogP contribution in [0.2, 0.25) is 0 Å². The molecule has 0 aliphatic rings. The second-order valence-corrected chi connectivity index (χ2v) is 5.51. The van der Waals surface area contributed by atoms with Crippen LogP contribution in [0.1, 0.15) is 0 Å². The summed E-state index contributed by atoms with van der Waals surface area (Å²) >= 11 is 0. The zero-order valence-electron chi connectivity index (χ0n) is 13.9. The number of carbonyl (C=O) groups is 1. The first-order valence-electron chi connectivity index (χ1n) is 7.97. The molecule has 2 amide bonds. The number of nitrogens with two attached hydrogens (primary N) is 1. The van der Waals surface area contributed by atoms with Crippen LogP contribution in [-0.4, -0.2) is 13.1 Å². The number of rotatable bonds is 4. The number of amides is 2. The molecule has 0 heterocycles. The molecule has 0 aliphatic carbocycles. The zero-order chi connectivity index (χ0) is 17.6. The number of nitrogen functional groups attached to an aromatic ring is 1. The predicted octanol–water partition coefficient (Wildman–Crippen LogP) is 4.49. The van der Waals surface area contributed by atoms with Crippen molar-refractivity contribution in [2.45, 2.75) is 0 Å². The minimum absolute atomic E-state index is 0.244. The van der Waals surface area contributed by atoms with Gasteiger partial charge in [0.15, 0.2) is 0 Å². The topological polar surface area (TPSA) is 70.4 Å². The molecule has 0 saturated carbocycles. The van der Waals surface area contributed by atoms with Crippen LogP contribution in [-0.2, 0) is 0 Å². The van der Waals surface area contributed by atoms with Crippen LogP contribution in [0, 0.1) is 0 Å². The molecule has 0 fully saturated rings. The van der Waals surface area contributed by atoms with Gasteiger partial charge in [-0.1, -0.05) is 18.2 Å². The number of para-hydroxylation sites is 1. The number of hydrogen-bond donors (Lipinski definition) is 3. The van der Waals surface area contributed by atoms with Crippen molar-refractivity contribution in [3.05, 3.63) is 78.9 Å². The molecular formula is C20H20N4O. The summed E-state index contributed by atoms with van der Waals surface area (Å²) in [4.78, 5) is 13.6. The fraction of sp³-hybridized carbons (Fsp3) is 0.0500. The molecule has 3 aromatic carbocycles. The highest BCUT2D eigenvalue weighted by molar-refractivity contribution is 5.89. The van der Waals surface area contributed by atoms with Gasteiger partial charge in [-0.15, -0.1) is 0 Å². The maximum atomic E-state index is 11.4. The quantitative estimate of drug-likeness (QED) is 0.617. The van der Waals surface area contributed by atoms with Crippen LogP contribution in [0.15, 0.2) is 78.9 Å². The van der Waals surface area contributed by atoms with E-state index >= 15 is 0 Å². The molecule has 0 atom stereocenters. The number of urea groups is 1. The van der Waals surface area contributed by atoms with E-state index in [4.69, 9.17) is 5.73 Å². The third-order valence-corrected chi connectivity index (χ3v) is 3.78. The van der Waals surface area contributed by atoms with Crippen LogP contribution >= 0.6 is 0 Å². The van der Waals surface area contributed by atoms with Crippen molar-refractivity contribution < 1.29 is 4.79 Å². The van der Waals surface area contributed by atoms with Crippen LogP contribution in [0.25, 0.3) is 0 Å². The molecule has 4 N–H and O–H groups in total. The Balaban J connectivity index is 1.97. The van der Waals surface area contributed by atoms with E-state index in [0.717, 1.165) is 28.4 Å². The Morgan fingerprint density at radius 3 is 1.88 bits per heavy atom. The minimum Gasteiger partial charge on any atom is -0.399 e. The first-order chi connectivity index (χ1) is 12.2. The summed E-state index contributed by atoms with van der Waals surface area (Å²) in [7, 11) is 1.59. The van der Waals surface area contributed by atoms with E-state index in [0.29, 0.717) is 0 Å². The van der Waals surface area contributed by atoms with Gasteiger partial charge < -0.3 is 21.3 Å². The highest BCUT2D eigenvalue weighted by Crippen LogP contribution is 2.35. The number of benzene rings is 3. The second-order valence-electron chi connectivity index (χ2n) is 5.51. The van der Waals surface area contributed by atoms with Crippen LogP contribution in [0.4, 0.5) is 33.2 Å². The zero-order valence-corrected chi connectivity index (χ0v) is 13.9. The lowest BCUT2D eigenvalue weighted by molar-refractivity contribution is 0.254. The smallest absolute Gasteiger partial charge is 0.318 e. The van der Waals surface area contributed by atoms with Crippen LogP contribution in [0.5, 0.6) is 0 Å². The maximum absolute atomic E-state index is 11.4. The largest absolute Gasteiger partial charge is 0.399 e. The molecule has 0 bridgehead atoms. The van der Waals surface area contributed by atoms with E-state index in [1.54, 1.807) is 7.05 Å². The predicted molar refractivity (Wildman–Crippen MR) is 104 cm³/mol. The van der Waals surface area contributed by atoms with E-state index in [1.165, 1.54) is 0 Å². The van der Waals surface area contributed by atoms with Crippen molar-refractivity contribution in [2.75, 3.05) is 23.0 Å². The summed E-state index contributed by atoms with van der Waals surface area (Å²) in [6.45, 7) is 0. The molecule has 5 heteroatoms. The van der Waals surface area contributed by atoms with E-state index in [2.05, 4.69) is 15.5 Å². The molecule has 0 saturated heterocycles. The molecule has 0 aliphatic heterocycles. The number of anilines is 5. The lowest BCUT2D eigenvalue weighted by atomic mass is 10.1. The summed E-state index contributed by atoms with van der Waals surface area (Å²) in [5.41, 5.74) is 10.3. The summed E-state index contributed by atoms with van der Waals surface area (Å²) in [5.74, 6) is 0. The van der Waals surface area contributed by atoms with Gasteiger partial charge in [0.2, 0.25) is 0 Å². The van der Waals surface area contributed by atoms with Gasteiger partial charge in [0, 0.05) is 35.5 Å². The molecule has 0 unspecified atom stereocenters. The molecule has 0 aromatic heterocycles. The first-order valence-corrected chi connectivity index (χ1v) is 7.97. The average Bonchev–Trinajstić information content (AvgIpc) is 2.66. The third-order valence-electron chi connectivity index (χ3n) is 3.78. The Kier molecular flexibility index (Phi) is 4.85. The van der Waals surface area contributed by atoms with Crippen molar-refractivity contribution >= 4 is 34.5 Å². The molecule has 3 aromatic rings. The molecular weight excluding hydrogens is 312 g/mol. The van der Waals surface area contributed by atoms with Gasteiger partial charge in [0.25, 0.3) is 0 Å². The van der Waals surface area contributed by atoms with Gasteiger partial charge in [0.05, 0.1) is 0 Å². The Morgan fingerprint density at radius 2 is 1.32 bits per heavy atom. The van der Waals surface area contributed by atoms with E-state index in [-0.39, 0.29) is 6.03 Å². The minimum atomic E-state index is -0.244. The summed E-state index contributed by atoms with van der Waals surface area (Å²) in [6.07, 6.45) is 0. The lowest BCUT2D eigenvalue weighted by Gasteiger charge is -2.25. The molecule has 126 valence electrons. The highest BCUT2D eigenvalue weighted by Gasteiger charge is 2.12. The maximum Gasteiger partial charge on any atom is 0.318 e. The summed E-state index contributed by atoms with van der Waals surface area (Å²) in [6, 6.07) is 25.3. The Labute approximate surface area is 147 Å². The summed E-state index contributed by atoms with van der Waals surface area (Å²) in [5, 5.41) is 5.30. The van der Waals surface area contributed by atoms with Crippen molar-refractivity contribution in [3.8, 4) is 0 Å². The van der Waals surface area contributed by atoms with Gasteiger partial charge in [-0.2, -0.15) is 0 Å². The molecule has 0 radical (unpaired) electrons. The molecule has 3 rings (SSSR count). The van der Waals surface area contributed by atoms with Gasteiger partial charge in [-0.05, 0) is 60.7 Å². The van der Waals surface area contributed by atoms with E-state index in [9.17, 15) is 4.79 Å². The Bertz CT molecular complexity index is 830. The Hall–Kier alpha value is -3.47. The van der Waals surface area contributed by atoms with Crippen LogP contribution < -0.4 is 21.3 Å². The normalized spacial score (nSPS) is 10.1. The standard InChI is InChI=1S/C20H20N4O/c1-22-20(25)23-16-9-13-19(14-10-16)24(17-5-3-2-4-6-17)18-11-7-15(21)8-12-18/h2-14H,21H2,1H3,(H2,22,23,25). The Morgan fingerprint density at radius 1 is 0.800 bits per heavy atom. The third kappa shape index (κ3) is 3.90. The highest BCUT2D eigenvalue weighted by atomic mass is 16.2. The van der Waals surface area contributed by atoms with Crippen molar-refractivity contribution in [1.29, 1.82) is 0 Å². The van der Waals surface area contributed by atoms with Crippen molar-refractivity contribution in [3.63, 3.8) is 0 Å². The van der Waals surface area contributed by atoms with Crippen molar-refractivity contribution in [2.24, 2.45) is 0 Å². The summed E-state index contributed by atoms with van der Waals surface area (Å²) < 4.78 is 0. The van der Waals surface area contributed by atoms with Gasteiger partial charge >= 0.3 is 6.03 Å². The first kappa shape index (κ1) is 16.4. The van der Waals surface area contributed by atoms with Crippen LogP contribution in [0.3, 0.4) is 0 Å². The lowest BCUT2D eigenvalue weighted by Crippen LogP contribution is -2.24. The number of nitrogens with zero attached hydrogens (tertiary/aromatic N) is 1. The molecule has 0 spiro atoms. The van der Waals surface area contributed by atoms with E-state index in [1.807, 2.05) is 78.9 Å². The number of nitrogens with one attached hydrogen (secondary N) is 2. The van der Waals surface area contributed by atoms with E-state index < -0.39 is 0 Å². The monoisotopic (exact) mass is 332 g/mol. The van der Waals surface area contributed by atoms with Gasteiger partial charge in [0.1, 0.15) is 0 Å². The average molecular weight is 332 g/mol. The fourth-order valence-corrected chi connectivity index (χ4v) is 2.54. The fourth-order valence-electron chi connectivity index (χ4n) is 2.54. The second kappa shape index (κ2) is 7.40. The number of carbonyl (C=O) groups excluding carboxylic acids is 1.